The van der Waals surface area contributed by atoms with Gasteiger partial charge in [0.15, 0.2) is 16.6 Å². The molecule has 0 bridgehead atoms. The van der Waals surface area contributed by atoms with Gasteiger partial charge in [0.1, 0.15) is 0 Å². The highest BCUT2D eigenvalue weighted by molar-refractivity contribution is 7.80. The molecule has 0 aromatic heterocycles. The van der Waals surface area contributed by atoms with Crippen LogP contribution in [0.15, 0.2) is 53.7 Å². The Bertz CT molecular complexity index is 1000. The molecule has 7 heteroatoms. The Morgan fingerprint density at radius 1 is 1.10 bits per heavy atom. The summed E-state index contributed by atoms with van der Waals surface area (Å²) in [7, 11) is 4.56. The average molecular weight is 427 g/mol. The fraction of sp³-hybridized carbons (Fsp3) is 0.304. The Morgan fingerprint density at radius 2 is 1.83 bits per heavy atom. The van der Waals surface area contributed by atoms with Crippen molar-refractivity contribution in [2.24, 2.45) is 0 Å². The smallest absolute Gasteiger partial charge is 0.337 e. The summed E-state index contributed by atoms with van der Waals surface area (Å²) in [6.45, 7) is 4.01. The van der Waals surface area contributed by atoms with Crippen molar-refractivity contribution in [1.29, 1.82) is 0 Å². The predicted molar refractivity (Wildman–Crippen MR) is 121 cm³/mol. The normalized spacial score (nSPS) is 16.2. The molecule has 1 N–H and O–H groups in total. The van der Waals surface area contributed by atoms with Gasteiger partial charge in [-0.2, -0.15) is 0 Å². The molecule has 1 atom stereocenters. The number of hydrogen-bond donors (Lipinski definition) is 1. The molecule has 0 spiro atoms. The Kier molecular flexibility index (Phi) is 6.62. The molecule has 0 saturated carbocycles. The Balaban J connectivity index is 2.19. The molecule has 1 aliphatic heterocycles. The lowest BCUT2D eigenvalue weighted by molar-refractivity contribution is -0.136. The van der Waals surface area contributed by atoms with Crippen LogP contribution in [0.4, 0.5) is 5.69 Å². The molecule has 2 aromatic carbocycles. The molecule has 0 amide bonds. The first kappa shape index (κ1) is 21.6. The van der Waals surface area contributed by atoms with E-state index in [1.807, 2.05) is 61.2 Å². The highest BCUT2D eigenvalue weighted by Gasteiger charge is 2.36. The largest absolute Gasteiger partial charge is 0.493 e. The number of carbonyl (C=O) groups is 1. The predicted octanol–water partition coefficient (Wildman–Crippen LogP) is 4.29. The molecule has 1 aliphatic rings. The first-order valence-electron chi connectivity index (χ1n) is 9.65. The lowest BCUT2D eigenvalue weighted by atomic mass is 9.92. The quantitative estimate of drug-likeness (QED) is 0.546. The summed E-state index contributed by atoms with van der Waals surface area (Å²) in [5.74, 6) is 0.803. The zero-order chi connectivity index (χ0) is 21.8. The zero-order valence-electron chi connectivity index (χ0n) is 17.8. The van der Waals surface area contributed by atoms with Crippen molar-refractivity contribution in [2.75, 3.05) is 26.2 Å². The van der Waals surface area contributed by atoms with Crippen LogP contribution in [0, 0.1) is 6.92 Å². The minimum absolute atomic E-state index is 0.390. The Hall–Kier alpha value is -3.06. The minimum Gasteiger partial charge on any atom is -0.493 e. The third-order valence-corrected chi connectivity index (χ3v) is 5.38. The van der Waals surface area contributed by atoms with Crippen molar-refractivity contribution in [2.45, 2.75) is 26.3 Å². The molecule has 0 fully saturated rings. The molecule has 0 unspecified atom stereocenters. The number of benzene rings is 2. The monoisotopic (exact) mass is 426 g/mol. The molecule has 158 valence electrons. The minimum atomic E-state index is -0.392. The summed E-state index contributed by atoms with van der Waals surface area (Å²) < 4.78 is 15.9. The molecule has 3 rings (SSSR count). The van der Waals surface area contributed by atoms with Crippen LogP contribution in [0.1, 0.15) is 30.5 Å². The van der Waals surface area contributed by atoms with Crippen LogP contribution in [0.25, 0.3) is 0 Å². The Morgan fingerprint density at radius 3 is 2.43 bits per heavy atom. The van der Waals surface area contributed by atoms with Crippen LogP contribution in [0.2, 0.25) is 0 Å². The van der Waals surface area contributed by atoms with Crippen molar-refractivity contribution in [3.8, 4) is 11.5 Å². The maximum absolute atomic E-state index is 12.9. The van der Waals surface area contributed by atoms with E-state index >= 15 is 0 Å². The SMILES string of the molecule is CCC1=C(C(=O)OC)[C@H](c2cccc(C)c2)NC(=S)N1c1ccc(OC)c(OC)c1. The second-order valence-corrected chi connectivity index (χ2v) is 7.26. The van der Waals surface area contributed by atoms with E-state index < -0.39 is 6.04 Å². The number of rotatable bonds is 6. The first-order chi connectivity index (χ1) is 14.4. The topological polar surface area (TPSA) is 60.0 Å². The van der Waals surface area contributed by atoms with E-state index in [-0.39, 0.29) is 5.97 Å². The van der Waals surface area contributed by atoms with Crippen LogP contribution in [-0.4, -0.2) is 32.4 Å². The van der Waals surface area contributed by atoms with Gasteiger partial charge in [-0.3, -0.25) is 4.90 Å². The standard InChI is InChI=1S/C23H26N2O4S/c1-6-17-20(22(26)29-5)21(15-9-7-8-14(2)12-15)24-23(30)25(17)16-10-11-18(27-3)19(13-16)28-4/h7-13,21H,6H2,1-5H3,(H,24,30)/t21-/m0/s1. The molecule has 2 aromatic rings. The molecule has 0 radical (unpaired) electrons. The van der Waals surface area contributed by atoms with Crippen molar-refractivity contribution in [3.63, 3.8) is 0 Å². The highest BCUT2D eigenvalue weighted by atomic mass is 32.1. The second kappa shape index (κ2) is 9.17. The van der Waals surface area contributed by atoms with Crippen molar-refractivity contribution < 1.29 is 19.0 Å². The number of carbonyl (C=O) groups excluding carboxylic acids is 1. The lowest BCUT2D eigenvalue weighted by Gasteiger charge is -2.38. The fourth-order valence-corrected chi connectivity index (χ4v) is 4.03. The van der Waals surface area contributed by atoms with Crippen molar-refractivity contribution in [1.82, 2.24) is 5.32 Å². The van der Waals surface area contributed by atoms with E-state index in [4.69, 9.17) is 26.4 Å². The van der Waals surface area contributed by atoms with Gasteiger partial charge in [0, 0.05) is 11.8 Å². The number of allylic oxidation sites excluding steroid dienone is 1. The van der Waals surface area contributed by atoms with Crippen LogP contribution in [0.5, 0.6) is 11.5 Å². The van der Waals surface area contributed by atoms with E-state index in [0.29, 0.717) is 28.6 Å². The van der Waals surface area contributed by atoms with Gasteiger partial charge in [0.2, 0.25) is 0 Å². The van der Waals surface area contributed by atoms with Gasteiger partial charge < -0.3 is 19.5 Å². The fourth-order valence-electron chi connectivity index (χ4n) is 3.70. The Labute approximate surface area is 182 Å². The van der Waals surface area contributed by atoms with Gasteiger partial charge in [0.25, 0.3) is 0 Å². The van der Waals surface area contributed by atoms with Gasteiger partial charge in [-0.05, 0) is 43.3 Å². The number of hydrogen-bond acceptors (Lipinski definition) is 5. The van der Waals surface area contributed by atoms with Gasteiger partial charge >= 0.3 is 5.97 Å². The maximum Gasteiger partial charge on any atom is 0.337 e. The molecular weight excluding hydrogens is 400 g/mol. The number of aryl methyl sites for hydroxylation is 1. The van der Waals surface area contributed by atoms with Gasteiger partial charge in [-0.1, -0.05) is 36.8 Å². The van der Waals surface area contributed by atoms with E-state index in [1.54, 1.807) is 14.2 Å². The maximum atomic E-state index is 12.9. The zero-order valence-corrected chi connectivity index (χ0v) is 18.6. The summed E-state index contributed by atoms with van der Waals surface area (Å²) >= 11 is 5.74. The average Bonchev–Trinajstić information content (AvgIpc) is 2.77. The van der Waals surface area contributed by atoms with E-state index in [9.17, 15) is 4.79 Å². The highest BCUT2D eigenvalue weighted by Crippen LogP contribution is 2.38. The lowest BCUT2D eigenvalue weighted by Crippen LogP contribution is -2.48. The number of methoxy groups -OCH3 is 3. The number of nitrogens with zero attached hydrogens (tertiary/aromatic N) is 1. The summed E-state index contributed by atoms with van der Waals surface area (Å²) in [6.07, 6.45) is 0.586. The summed E-state index contributed by atoms with van der Waals surface area (Å²) in [5, 5.41) is 3.83. The number of ether oxygens (including phenoxy) is 3. The molecule has 0 aliphatic carbocycles. The molecule has 30 heavy (non-hydrogen) atoms. The second-order valence-electron chi connectivity index (χ2n) is 6.88. The van der Waals surface area contributed by atoms with Crippen LogP contribution in [-0.2, 0) is 9.53 Å². The molecule has 0 saturated heterocycles. The van der Waals surface area contributed by atoms with Crippen LogP contribution in [0.3, 0.4) is 0 Å². The first-order valence-corrected chi connectivity index (χ1v) is 10.1. The number of anilines is 1. The summed E-state index contributed by atoms with van der Waals surface area (Å²) in [6, 6.07) is 13.2. The van der Waals surface area contributed by atoms with Crippen molar-refractivity contribution in [3.05, 3.63) is 64.9 Å². The van der Waals surface area contributed by atoms with Gasteiger partial charge in [-0.15, -0.1) is 0 Å². The molecule has 6 nitrogen and oxygen atoms in total. The van der Waals surface area contributed by atoms with Gasteiger partial charge in [-0.25, -0.2) is 4.79 Å². The third-order valence-electron chi connectivity index (χ3n) is 5.08. The third kappa shape index (κ3) is 3.98. The molecule has 1 heterocycles. The summed E-state index contributed by atoms with van der Waals surface area (Å²) in [5.41, 5.74) is 4.14. The molecular formula is C23H26N2O4S. The van der Waals surface area contributed by atoms with Crippen LogP contribution >= 0.6 is 12.2 Å². The van der Waals surface area contributed by atoms with Crippen molar-refractivity contribution >= 4 is 29.0 Å². The number of esters is 1. The van der Waals surface area contributed by atoms with Gasteiger partial charge in [0.05, 0.1) is 38.6 Å². The van der Waals surface area contributed by atoms with E-state index in [1.165, 1.54) is 7.11 Å². The number of thiocarbonyl (C=S) groups is 1. The number of nitrogens with one attached hydrogen (secondary N) is 1. The van der Waals surface area contributed by atoms with E-state index in [2.05, 4.69) is 5.32 Å². The summed E-state index contributed by atoms with van der Waals surface area (Å²) in [4.78, 5) is 14.7. The van der Waals surface area contributed by atoms with E-state index in [0.717, 1.165) is 22.5 Å². The van der Waals surface area contributed by atoms with Crippen LogP contribution < -0.4 is 19.7 Å².